The zero-order valence-corrected chi connectivity index (χ0v) is 22.9. The lowest BCUT2D eigenvalue weighted by atomic mass is 9.97. The highest BCUT2D eigenvalue weighted by Crippen LogP contribution is 2.18. The van der Waals surface area contributed by atoms with Gasteiger partial charge in [0, 0.05) is 24.6 Å². The molecule has 0 aromatic rings. The first-order chi connectivity index (χ1) is 18.2. The van der Waals surface area contributed by atoms with Crippen LogP contribution in [0.1, 0.15) is 96.8 Å². The maximum Gasteiger partial charge on any atom is 0.247 e. The van der Waals surface area contributed by atoms with Crippen LogP contribution in [0.3, 0.4) is 0 Å². The first-order valence-corrected chi connectivity index (χ1v) is 14.5. The molecule has 202 valence electrons. The summed E-state index contributed by atoms with van der Waals surface area (Å²) in [4.78, 5) is 25.2. The lowest BCUT2D eigenvalue weighted by Crippen LogP contribution is -2.35. The van der Waals surface area contributed by atoms with Gasteiger partial charge >= 0.3 is 0 Å². The smallest absolute Gasteiger partial charge is 0.247 e. The molecule has 4 heteroatoms. The van der Waals surface area contributed by atoms with E-state index in [1.165, 1.54) is 44.9 Å². The summed E-state index contributed by atoms with van der Waals surface area (Å²) < 4.78 is 0. The van der Waals surface area contributed by atoms with E-state index in [1.54, 1.807) is 0 Å². The number of carbonyl (C=O) groups is 2. The van der Waals surface area contributed by atoms with Gasteiger partial charge in [0.15, 0.2) is 0 Å². The fourth-order valence-electron chi connectivity index (χ4n) is 4.61. The second-order valence-corrected chi connectivity index (χ2v) is 9.97. The fourth-order valence-corrected chi connectivity index (χ4v) is 4.61. The van der Waals surface area contributed by atoms with Crippen LogP contribution in [0.25, 0.3) is 0 Å². The molecule has 0 aliphatic heterocycles. The number of allylic oxidation sites excluding steroid dienone is 11. The van der Waals surface area contributed by atoms with Crippen LogP contribution in [0.2, 0.25) is 0 Å². The monoisotopic (exact) mass is 504 g/mol. The molecule has 2 aliphatic rings. The van der Waals surface area contributed by atoms with E-state index < -0.39 is 0 Å². The molecule has 0 spiro atoms. The fraction of sp³-hybridized carbons (Fsp3) is 0.515. The molecular formula is C33H48N2O2. The quantitative estimate of drug-likeness (QED) is 0.236. The van der Waals surface area contributed by atoms with Gasteiger partial charge in [-0.15, -0.1) is 0 Å². The van der Waals surface area contributed by atoms with Crippen molar-refractivity contribution in [2.75, 3.05) is 6.54 Å². The third-order valence-electron chi connectivity index (χ3n) is 6.86. The summed E-state index contributed by atoms with van der Waals surface area (Å²) in [5.74, 6) is 0.173. The number of carbonyl (C=O) groups excluding carboxylic acids is 2. The van der Waals surface area contributed by atoms with Gasteiger partial charge < -0.3 is 10.6 Å². The van der Waals surface area contributed by atoms with Crippen LogP contribution in [0.5, 0.6) is 0 Å². The van der Waals surface area contributed by atoms with Crippen molar-refractivity contribution in [1.82, 2.24) is 10.6 Å². The average molecular weight is 505 g/mol. The number of amides is 2. The predicted octanol–water partition coefficient (Wildman–Crippen LogP) is 7.73. The van der Waals surface area contributed by atoms with Crippen molar-refractivity contribution in [2.24, 2.45) is 0 Å². The molecule has 2 amide bonds. The molecule has 2 N–H and O–H groups in total. The largest absolute Gasteiger partial charge is 0.352 e. The SMILES string of the molecule is CCC(=CCCCCC(=O)NCC1=CC=CC=CC=CC=CC=C1)C(=O)NC1CCCCCCCCC1. The van der Waals surface area contributed by atoms with Crippen LogP contribution in [-0.2, 0) is 9.59 Å². The molecule has 0 radical (unpaired) electrons. The minimum Gasteiger partial charge on any atom is -0.352 e. The molecule has 1 saturated carbocycles. The van der Waals surface area contributed by atoms with Crippen LogP contribution in [0.15, 0.2) is 84.1 Å². The number of hydrogen-bond acceptors (Lipinski definition) is 2. The first kappa shape index (κ1) is 30.3. The van der Waals surface area contributed by atoms with E-state index in [1.807, 2.05) is 66.8 Å². The molecule has 37 heavy (non-hydrogen) atoms. The number of hydrogen-bond donors (Lipinski definition) is 2. The van der Waals surface area contributed by atoms with Gasteiger partial charge in [-0.05, 0) is 44.1 Å². The summed E-state index contributed by atoms with van der Waals surface area (Å²) in [7, 11) is 0. The van der Waals surface area contributed by atoms with Gasteiger partial charge in [0.25, 0.3) is 0 Å². The number of nitrogens with one attached hydrogen (secondary N) is 2. The molecule has 1 fully saturated rings. The summed E-state index contributed by atoms with van der Waals surface area (Å²) in [5, 5.41) is 6.35. The molecule has 0 aromatic heterocycles. The lowest BCUT2D eigenvalue weighted by Gasteiger charge is -2.20. The summed E-state index contributed by atoms with van der Waals surface area (Å²) in [5.41, 5.74) is 1.93. The van der Waals surface area contributed by atoms with Gasteiger partial charge in [0.1, 0.15) is 0 Å². The van der Waals surface area contributed by atoms with Crippen molar-refractivity contribution in [1.29, 1.82) is 0 Å². The normalized spacial score (nSPS) is 18.0. The third kappa shape index (κ3) is 15.1. The van der Waals surface area contributed by atoms with E-state index in [9.17, 15) is 9.59 Å². The van der Waals surface area contributed by atoms with E-state index >= 15 is 0 Å². The van der Waals surface area contributed by atoms with Crippen LogP contribution >= 0.6 is 0 Å². The Morgan fingerprint density at radius 2 is 1.41 bits per heavy atom. The molecule has 0 unspecified atom stereocenters. The molecular weight excluding hydrogens is 456 g/mol. The maximum atomic E-state index is 12.9. The summed E-state index contributed by atoms with van der Waals surface area (Å²) in [6, 6.07) is 0.314. The molecule has 0 aromatic carbocycles. The van der Waals surface area contributed by atoms with Crippen LogP contribution in [-0.4, -0.2) is 24.4 Å². The lowest BCUT2D eigenvalue weighted by molar-refractivity contribution is -0.121. The van der Waals surface area contributed by atoms with Crippen LogP contribution in [0.4, 0.5) is 0 Å². The van der Waals surface area contributed by atoms with Gasteiger partial charge in [-0.1, -0.05) is 125 Å². The van der Waals surface area contributed by atoms with Crippen molar-refractivity contribution in [3.8, 4) is 0 Å². The highest BCUT2D eigenvalue weighted by Gasteiger charge is 2.15. The standard InChI is InChI=1S/C33H48N2O2/c1-2-30(33(37)35-31-25-19-13-9-6-10-14-20-26-31)24-18-15-21-27-32(36)34-28-29-22-16-11-7-4-3-5-8-12-17-23-29/h3-5,7-8,11-12,16-17,22-24,31H,2,6,9-10,13-15,18-21,25-28H2,1H3,(H,34,36)(H,35,37). The third-order valence-corrected chi connectivity index (χ3v) is 6.86. The van der Waals surface area contributed by atoms with E-state index in [4.69, 9.17) is 0 Å². The van der Waals surface area contributed by atoms with Gasteiger partial charge in [0.05, 0.1) is 0 Å². The van der Waals surface area contributed by atoms with E-state index in [2.05, 4.69) is 23.6 Å². The molecule has 0 bridgehead atoms. The van der Waals surface area contributed by atoms with Crippen LogP contribution in [0, 0.1) is 0 Å². The molecule has 2 rings (SSSR count). The second-order valence-electron chi connectivity index (χ2n) is 9.97. The minimum atomic E-state index is 0.0659. The first-order valence-electron chi connectivity index (χ1n) is 14.5. The Morgan fingerprint density at radius 3 is 2.05 bits per heavy atom. The molecule has 0 atom stereocenters. The highest BCUT2D eigenvalue weighted by atomic mass is 16.2. The predicted molar refractivity (Wildman–Crippen MR) is 157 cm³/mol. The highest BCUT2D eigenvalue weighted by molar-refractivity contribution is 5.93. The Hall–Kier alpha value is -2.88. The van der Waals surface area contributed by atoms with E-state index in [0.29, 0.717) is 19.0 Å². The Labute approximate surface area is 225 Å². The topological polar surface area (TPSA) is 58.2 Å². The Bertz CT molecular complexity index is 876. The van der Waals surface area contributed by atoms with Crippen molar-refractivity contribution >= 4 is 11.8 Å². The summed E-state index contributed by atoms with van der Waals surface area (Å²) >= 11 is 0. The van der Waals surface area contributed by atoms with E-state index in [0.717, 1.165) is 49.7 Å². The van der Waals surface area contributed by atoms with Crippen molar-refractivity contribution in [2.45, 2.75) is 103 Å². The maximum absolute atomic E-state index is 12.9. The zero-order valence-electron chi connectivity index (χ0n) is 22.9. The second kappa shape index (κ2) is 20.2. The Balaban J connectivity index is 1.70. The van der Waals surface area contributed by atoms with Gasteiger partial charge in [-0.2, -0.15) is 0 Å². The van der Waals surface area contributed by atoms with Gasteiger partial charge in [-0.25, -0.2) is 0 Å². The van der Waals surface area contributed by atoms with Crippen molar-refractivity contribution < 1.29 is 9.59 Å². The number of rotatable bonds is 10. The van der Waals surface area contributed by atoms with Crippen LogP contribution < -0.4 is 10.6 Å². The molecule has 0 heterocycles. The minimum absolute atomic E-state index is 0.0659. The Kier molecular flexibility index (Phi) is 16.6. The van der Waals surface area contributed by atoms with Gasteiger partial charge in [-0.3, -0.25) is 9.59 Å². The zero-order chi connectivity index (χ0) is 26.4. The van der Waals surface area contributed by atoms with Gasteiger partial charge in [0.2, 0.25) is 11.8 Å². The Morgan fingerprint density at radius 1 is 0.811 bits per heavy atom. The molecule has 2 aliphatic carbocycles. The van der Waals surface area contributed by atoms with Crippen molar-refractivity contribution in [3.63, 3.8) is 0 Å². The average Bonchev–Trinajstić information content (AvgIpc) is 2.89. The molecule has 0 saturated heterocycles. The van der Waals surface area contributed by atoms with E-state index in [-0.39, 0.29) is 11.8 Å². The van der Waals surface area contributed by atoms with Crippen molar-refractivity contribution in [3.05, 3.63) is 84.1 Å². The summed E-state index contributed by atoms with van der Waals surface area (Å²) in [6.45, 7) is 2.56. The number of unbranched alkanes of at least 4 members (excludes halogenated alkanes) is 2. The summed E-state index contributed by atoms with van der Waals surface area (Å²) in [6.07, 6.45) is 39.0. The molecule has 4 nitrogen and oxygen atoms in total.